The van der Waals surface area contributed by atoms with E-state index in [1.165, 1.54) is 4.90 Å². The van der Waals surface area contributed by atoms with E-state index in [4.69, 9.17) is 56.8 Å². The van der Waals surface area contributed by atoms with E-state index in [9.17, 15) is 9.59 Å². The second-order valence-corrected chi connectivity index (χ2v) is 11.1. The zero-order chi connectivity index (χ0) is 35.6. The van der Waals surface area contributed by atoms with Crippen molar-refractivity contribution >= 4 is 27.7 Å². The maximum Gasteiger partial charge on any atom is 0.261 e. The van der Waals surface area contributed by atoms with Crippen molar-refractivity contribution in [3.05, 3.63) is 35.4 Å². The Balaban J connectivity index is 1.16. The lowest BCUT2D eigenvalue weighted by Gasteiger charge is -2.13. The number of halogens is 1. The molecule has 0 unspecified atom stereocenters. The SMILES string of the molecule is O=C1c2ccccc2C(=O)N1CCOCCOCCOCCOCCOCCOCCOCCOCCOCCOCCOCCOCCBr. The molecular formula is C34H56BrNO14. The largest absolute Gasteiger partial charge is 0.378 e. The van der Waals surface area contributed by atoms with Gasteiger partial charge in [-0.15, -0.1) is 0 Å². The fraction of sp³-hybridized carbons (Fsp3) is 0.765. The molecule has 1 aliphatic heterocycles. The van der Waals surface area contributed by atoms with Crippen molar-refractivity contribution in [2.45, 2.75) is 0 Å². The molecule has 0 aromatic heterocycles. The second-order valence-electron chi connectivity index (χ2n) is 10.3. The van der Waals surface area contributed by atoms with E-state index in [2.05, 4.69) is 15.9 Å². The van der Waals surface area contributed by atoms with E-state index >= 15 is 0 Å². The summed E-state index contributed by atoms with van der Waals surface area (Å²) >= 11 is 3.30. The van der Waals surface area contributed by atoms with E-state index < -0.39 is 0 Å². The van der Waals surface area contributed by atoms with E-state index in [0.29, 0.717) is 163 Å². The average molecular weight is 783 g/mol. The van der Waals surface area contributed by atoms with Crippen molar-refractivity contribution in [3.63, 3.8) is 0 Å². The molecular weight excluding hydrogens is 726 g/mol. The van der Waals surface area contributed by atoms with Gasteiger partial charge in [-0.3, -0.25) is 14.5 Å². The van der Waals surface area contributed by atoms with Crippen molar-refractivity contribution in [1.29, 1.82) is 0 Å². The molecule has 0 aliphatic carbocycles. The number of rotatable bonds is 38. The van der Waals surface area contributed by atoms with Gasteiger partial charge in [-0.25, -0.2) is 0 Å². The predicted molar refractivity (Wildman–Crippen MR) is 185 cm³/mol. The highest BCUT2D eigenvalue weighted by Crippen LogP contribution is 2.21. The van der Waals surface area contributed by atoms with Gasteiger partial charge in [-0.1, -0.05) is 28.1 Å². The molecule has 0 fully saturated rings. The summed E-state index contributed by atoms with van der Waals surface area (Å²) < 4.78 is 65.4. The molecule has 16 heteroatoms. The number of alkyl halides is 1. The molecule has 1 aromatic rings. The van der Waals surface area contributed by atoms with Crippen molar-refractivity contribution < 1.29 is 66.4 Å². The highest BCUT2D eigenvalue weighted by Gasteiger charge is 2.34. The summed E-state index contributed by atoms with van der Waals surface area (Å²) in [5, 5.41) is 0.831. The van der Waals surface area contributed by atoms with Gasteiger partial charge in [-0.2, -0.15) is 0 Å². The first kappa shape index (κ1) is 44.5. The first-order chi connectivity index (χ1) is 24.8. The number of carbonyl (C=O) groups excluding carboxylic acids is 2. The topological polar surface area (TPSA) is 148 Å². The third-order valence-corrected chi connectivity index (χ3v) is 6.97. The van der Waals surface area contributed by atoms with E-state index in [1.54, 1.807) is 24.3 Å². The van der Waals surface area contributed by atoms with Crippen molar-refractivity contribution in [1.82, 2.24) is 4.90 Å². The number of carbonyl (C=O) groups is 2. The molecule has 0 saturated carbocycles. The van der Waals surface area contributed by atoms with E-state index in [0.717, 1.165) is 5.33 Å². The van der Waals surface area contributed by atoms with Crippen LogP contribution >= 0.6 is 15.9 Å². The highest BCUT2D eigenvalue weighted by atomic mass is 79.9. The smallest absolute Gasteiger partial charge is 0.261 e. The minimum absolute atomic E-state index is 0.213. The summed E-state index contributed by atoms with van der Waals surface area (Å²) in [6.45, 7) is 11.9. The number of fused-ring (bicyclic) bond motifs is 1. The van der Waals surface area contributed by atoms with Crippen LogP contribution < -0.4 is 0 Å². The molecule has 0 atom stereocenters. The van der Waals surface area contributed by atoms with Crippen LogP contribution in [0.25, 0.3) is 0 Å². The fourth-order valence-corrected chi connectivity index (χ4v) is 4.40. The molecule has 0 spiro atoms. The predicted octanol–water partition coefficient (Wildman–Crippen LogP) is 1.88. The maximum absolute atomic E-state index is 12.3. The van der Waals surface area contributed by atoms with Crippen LogP contribution in [0.4, 0.5) is 0 Å². The molecule has 288 valence electrons. The van der Waals surface area contributed by atoms with Gasteiger partial charge in [0.1, 0.15) is 0 Å². The van der Waals surface area contributed by atoms with Gasteiger partial charge in [0.05, 0.1) is 176 Å². The Labute approximate surface area is 304 Å². The average Bonchev–Trinajstić information content (AvgIpc) is 3.37. The number of hydrogen-bond donors (Lipinski definition) is 0. The van der Waals surface area contributed by atoms with Gasteiger partial charge in [0.2, 0.25) is 0 Å². The van der Waals surface area contributed by atoms with Crippen molar-refractivity contribution in [2.24, 2.45) is 0 Å². The summed E-state index contributed by atoms with van der Waals surface area (Å²) in [5.74, 6) is -0.557. The van der Waals surface area contributed by atoms with Gasteiger partial charge in [0, 0.05) is 5.33 Å². The zero-order valence-electron chi connectivity index (χ0n) is 29.2. The van der Waals surface area contributed by atoms with Crippen LogP contribution in [0.5, 0.6) is 0 Å². The number of hydrogen-bond acceptors (Lipinski definition) is 14. The summed E-state index contributed by atoms with van der Waals surface area (Å²) in [6.07, 6.45) is 0. The Kier molecular flexibility index (Phi) is 29.6. The van der Waals surface area contributed by atoms with Crippen molar-refractivity contribution in [2.75, 3.05) is 170 Å². The molecule has 0 N–H and O–H groups in total. The van der Waals surface area contributed by atoms with E-state index in [1.807, 2.05) is 0 Å². The maximum atomic E-state index is 12.3. The first-order valence-electron chi connectivity index (χ1n) is 17.2. The van der Waals surface area contributed by atoms with Gasteiger partial charge in [0.25, 0.3) is 11.8 Å². The number of imide groups is 1. The minimum atomic E-state index is -0.278. The summed E-state index contributed by atoms with van der Waals surface area (Å²) in [6, 6.07) is 6.82. The molecule has 15 nitrogen and oxygen atoms in total. The molecule has 0 saturated heterocycles. The Bertz CT molecular complexity index is 927. The standard InChI is InChI=1S/C34H56BrNO14/c35-5-7-39-9-11-41-13-15-43-17-19-45-21-23-47-25-27-49-29-30-50-28-26-48-24-22-46-20-18-44-16-14-42-12-10-40-8-6-36-33(37)31-3-1-2-4-32(31)34(36)38/h1-4H,5-30H2. The van der Waals surface area contributed by atoms with Crippen LogP contribution in [0.15, 0.2) is 24.3 Å². The lowest BCUT2D eigenvalue weighted by Crippen LogP contribution is -2.33. The van der Waals surface area contributed by atoms with E-state index in [-0.39, 0.29) is 25.0 Å². The molecule has 2 rings (SSSR count). The second kappa shape index (κ2) is 33.2. The summed E-state index contributed by atoms with van der Waals surface area (Å²) in [4.78, 5) is 25.8. The molecule has 1 aliphatic rings. The van der Waals surface area contributed by atoms with Gasteiger partial charge in [-0.05, 0) is 12.1 Å². The Morgan fingerprint density at radius 1 is 0.360 bits per heavy atom. The molecule has 1 aromatic carbocycles. The minimum Gasteiger partial charge on any atom is -0.378 e. The normalized spacial score (nSPS) is 12.8. The lowest BCUT2D eigenvalue weighted by molar-refractivity contribution is -0.0283. The van der Waals surface area contributed by atoms with Gasteiger partial charge in [0.15, 0.2) is 0 Å². The zero-order valence-corrected chi connectivity index (χ0v) is 30.8. The van der Waals surface area contributed by atoms with Gasteiger partial charge < -0.3 is 56.8 Å². The van der Waals surface area contributed by atoms with Gasteiger partial charge >= 0.3 is 0 Å². The van der Waals surface area contributed by atoms with Crippen molar-refractivity contribution in [3.8, 4) is 0 Å². The van der Waals surface area contributed by atoms with Crippen LogP contribution in [0.3, 0.4) is 0 Å². The molecule has 1 heterocycles. The fourth-order valence-electron chi connectivity index (χ4n) is 4.17. The monoisotopic (exact) mass is 781 g/mol. The molecule has 50 heavy (non-hydrogen) atoms. The molecule has 0 radical (unpaired) electrons. The Morgan fingerprint density at radius 2 is 0.580 bits per heavy atom. The van der Waals surface area contributed by atoms with Crippen LogP contribution in [0.1, 0.15) is 20.7 Å². The Hall–Kier alpha value is -1.64. The molecule has 2 amide bonds. The third kappa shape index (κ3) is 23.0. The quantitative estimate of drug-likeness (QED) is 0.0546. The number of ether oxygens (including phenoxy) is 12. The highest BCUT2D eigenvalue weighted by molar-refractivity contribution is 9.09. The summed E-state index contributed by atoms with van der Waals surface area (Å²) in [5.41, 5.74) is 0.883. The van der Waals surface area contributed by atoms with Crippen LogP contribution in [0, 0.1) is 0 Å². The summed E-state index contributed by atoms with van der Waals surface area (Å²) in [7, 11) is 0. The lowest BCUT2D eigenvalue weighted by atomic mass is 10.1. The number of amides is 2. The van der Waals surface area contributed by atoms with Crippen LogP contribution in [0.2, 0.25) is 0 Å². The number of benzene rings is 1. The molecule has 0 bridgehead atoms. The number of nitrogens with zero attached hydrogens (tertiary/aromatic N) is 1. The van der Waals surface area contributed by atoms with Crippen LogP contribution in [-0.4, -0.2) is 187 Å². The van der Waals surface area contributed by atoms with Crippen LogP contribution in [-0.2, 0) is 56.8 Å². The first-order valence-corrected chi connectivity index (χ1v) is 18.3. The Morgan fingerprint density at radius 3 is 0.820 bits per heavy atom. The third-order valence-electron chi connectivity index (χ3n) is 6.65.